The smallest absolute Gasteiger partial charge is 0.190 e. The van der Waals surface area contributed by atoms with E-state index in [1.807, 2.05) is 7.05 Å². The normalized spacial score (nSPS) is 16.8. The molecule has 1 aromatic heterocycles. The lowest BCUT2D eigenvalue weighted by molar-refractivity contribution is 0.282. The Morgan fingerprint density at radius 2 is 1.96 bits per heavy atom. The molecule has 1 aromatic rings. The fourth-order valence-corrected chi connectivity index (χ4v) is 3.80. The maximum absolute atomic E-state index is 4.60. The van der Waals surface area contributed by atoms with E-state index in [9.17, 15) is 0 Å². The molecule has 0 bridgehead atoms. The maximum Gasteiger partial charge on any atom is 0.190 e. The number of hydrogen-bond acceptors (Lipinski definition) is 4. The molecule has 0 unspecified atom stereocenters. The summed E-state index contributed by atoms with van der Waals surface area (Å²) in [6.07, 6.45) is 8.70. The molecule has 6 heteroatoms. The number of rotatable bonds is 8. The number of thiazole rings is 1. The number of nitrogens with zero attached hydrogens (tertiary/aromatic N) is 3. The number of likely N-dealkylation sites (tertiary alicyclic amines) is 1. The predicted octanol–water partition coefficient (Wildman–Crippen LogP) is 2.68. The van der Waals surface area contributed by atoms with Crippen LogP contribution in [0.15, 0.2) is 10.4 Å². The largest absolute Gasteiger partial charge is 0.356 e. The lowest BCUT2D eigenvalue weighted by atomic mass is 10.2. The Morgan fingerprint density at radius 1 is 1.21 bits per heavy atom. The lowest BCUT2D eigenvalue weighted by Gasteiger charge is -2.20. The molecule has 1 fully saturated rings. The molecule has 24 heavy (non-hydrogen) atoms. The van der Waals surface area contributed by atoms with E-state index in [1.54, 1.807) is 11.3 Å². The Kier molecular flexibility index (Phi) is 9.13. The average molecular weight is 352 g/mol. The average Bonchev–Trinajstić information content (AvgIpc) is 2.91. The zero-order valence-electron chi connectivity index (χ0n) is 15.3. The molecule has 1 aliphatic rings. The first-order valence-corrected chi connectivity index (χ1v) is 10.3. The van der Waals surface area contributed by atoms with Crippen molar-refractivity contribution in [3.8, 4) is 0 Å². The van der Waals surface area contributed by atoms with Crippen molar-refractivity contribution in [1.82, 2.24) is 20.5 Å². The van der Waals surface area contributed by atoms with Crippen LogP contribution in [0.25, 0.3) is 0 Å². The summed E-state index contributed by atoms with van der Waals surface area (Å²) in [5, 5.41) is 10.2. The number of aliphatic imine (C=N–C) groups is 1. The molecular formula is C18H33N5S. The second-order valence-corrected chi connectivity index (χ2v) is 7.31. The first-order valence-electron chi connectivity index (χ1n) is 9.42. The minimum atomic E-state index is 0.874. The summed E-state index contributed by atoms with van der Waals surface area (Å²) in [5.74, 6) is 0.900. The maximum atomic E-state index is 4.60. The van der Waals surface area contributed by atoms with Gasteiger partial charge in [0.05, 0.1) is 10.7 Å². The summed E-state index contributed by atoms with van der Waals surface area (Å²) in [4.78, 5) is 11.5. The Balaban J connectivity index is 1.56. The third kappa shape index (κ3) is 7.18. The van der Waals surface area contributed by atoms with Crippen molar-refractivity contribution < 1.29 is 0 Å². The van der Waals surface area contributed by atoms with E-state index in [4.69, 9.17) is 0 Å². The first kappa shape index (κ1) is 19.2. The highest BCUT2D eigenvalue weighted by molar-refractivity contribution is 7.09. The summed E-state index contributed by atoms with van der Waals surface area (Å²) >= 11 is 1.76. The highest BCUT2D eigenvalue weighted by Crippen LogP contribution is 2.10. The first-order chi connectivity index (χ1) is 11.8. The van der Waals surface area contributed by atoms with E-state index in [0.29, 0.717) is 0 Å². The summed E-state index contributed by atoms with van der Waals surface area (Å²) < 4.78 is 0. The van der Waals surface area contributed by atoms with Gasteiger partial charge >= 0.3 is 0 Å². The minimum Gasteiger partial charge on any atom is -0.356 e. The van der Waals surface area contributed by atoms with Gasteiger partial charge in [-0.15, -0.1) is 11.3 Å². The molecule has 0 amide bonds. The van der Waals surface area contributed by atoms with Crippen LogP contribution in [0.2, 0.25) is 0 Å². The highest BCUT2D eigenvalue weighted by Gasteiger charge is 2.08. The van der Waals surface area contributed by atoms with E-state index < -0.39 is 0 Å². The fourth-order valence-electron chi connectivity index (χ4n) is 3.02. The number of nitrogens with one attached hydrogen (secondary N) is 2. The van der Waals surface area contributed by atoms with Crippen molar-refractivity contribution in [2.45, 2.75) is 51.9 Å². The van der Waals surface area contributed by atoms with Gasteiger partial charge in [0.15, 0.2) is 5.96 Å². The molecule has 2 heterocycles. The Morgan fingerprint density at radius 3 is 2.62 bits per heavy atom. The second-order valence-electron chi connectivity index (χ2n) is 6.37. The van der Waals surface area contributed by atoms with Crippen LogP contribution in [0.4, 0.5) is 0 Å². The van der Waals surface area contributed by atoms with Gasteiger partial charge in [0.1, 0.15) is 0 Å². The van der Waals surface area contributed by atoms with Crippen LogP contribution in [0, 0.1) is 0 Å². The third-order valence-corrected chi connectivity index (χ3v) is 5.48. The molecule has 1 saturated heterocycles. The van der Waals surface area contributed by atoms with E-state index in [1.165, 1.54) is 62.4 Å². The summed E-state index contributed by atoms with van der Waals surface area (Å²) in [6, 6.07) is 0. The van der Waals surface area contributed by atoms with E-state index in [0.717, 1.165) is 31.9 Å². The molecule has 0 aliphatic carbocycles. The minimum absolute atomic E-state index is 0.874. The van der Waals surface area contributed by atoms with Gasteiger partial charge in [0.25, 0.3) is 0 Å². The van der Waals surface area contributed by atoms with Gasteiger partial charge in [-0.3, -0.25) is 4.99 Å². The highest BCUT2D eigenvalue weighted by atomic mass is 32.1. The molecule has 0 aromatic carbocycles. The van der Waals surface area contributed by atoms with Gasteiger partial charge in [0, 0.05) is 31.9 Å². The van der Waals surface area contributed by atoms with Gasteiger partial charge in [0.2, 0.25) is 0 Å². The van der Waals surface area contributed by atoms with Crippen LogP contribution in [0.5, 0.6) is 0 Å². The molecule has 2 rings (SSSR count). The van der Waals surface area contributed by atoms with E-state index >= 15 is 0 Å². The van der Waals surface area contributed by atoms with Crippen molar-refractivity contribution >= 4 is 17.3 Å². The Hall–Kier alpha value is -1.14. The van der Waals surface area contributed by atoms with Gasteiger partial charge in [-0.1, -0.05) is 19.8 Å². The number of hydrogen-bond donors (Lipinski definition) is 2. The fraction of sp³-hybridized carbons (Fsp3) is 0.778. The third-order valence-electron chi connectivity index (χ3n) is 4.44. The van der Waals surface area contributed by atoms with Crippen LogP contribution in [-0.4, -0.2) is 55.6 Å². The van der Waals surface area contributed by atoms with Crippen LogP contribution < -0.4 is 10.6 Å². The zero-order valence-corrected chi connectivity index (χ0v) is 16.1. The van der Waals surface area contributed by atoms with Crippen molar-refractivity contribution in [3.05, 3.63) is 16.1 Å². The predicted molar refractivity (Wildman–Crippen MR) is 104 cm³/mol. The molecule has 5 nitrogen and oxygen atoms in total. The van der Waals surface area contributed by atoms with Crippen LogP contribution in [0.3, 0.4) is 0 Å². The molecule has 0 atom stereocenters. The van der Waals surface area contributed by atoms with Gasteiger partial charge in [-0.25, -0.2) is 4.98 Å². The molecular weight excluding hydrogens is 318 g/mol. The second kappa shape index (κ2) is 11.4. The number of guanidine groups is 1. The van der Waals surface area contributed by atoms with Crippen LogP contribution in [0.1, 0.15) is 49.7 Å². The molecule has 0 saturated carbocycles. The zero-order chi connectivity index (χ0) is 17.0. The lowest BCUT2D eigenvalue weighted by Crippen LogP contribution is -2.39. The monoisotopic (exact) mass is 351 g/mol. The quantitative estimate of drug-likeness (QED) is 0.429. The molecule has 136 valence electrons. The van der Waals surface area contributed by atoms with Crippen molar-refractivity contribution in [1.29, 1.82) is 0 Å². The number of aryl methyl sites for hydroxylation is 1. The van der Waals surface area contributed by atoms with Crippen molar-refractivity contribution in [2.24, 2.45) is 4.99 Å². The van der Waals surface area contributed by atoms with Crippen molar-refractivity contribution in [3.63, 3.8) is 0 Å². The number of aromatic nitrogens is 1. The summed E-state index contributed by atoms with van der Waals surface area (Å²) in [6.45, 7) is 7.76. The van der Waals surface area contributed by atoms with E-state index in [2.05, 4.69) is 37.8 Å². The van der Waals surface area contributed by atoms with Gasteiger partial charge in [-0.05, 0) is 45.3 Å². The summed E-state index contributed by atoms with van der Waals surface area (Å²) in [7, 11) is 1.84. The standard InChI is InChI=1S/C18H33N5S/c1-3-17-22-16(15-24-17)9-11-21-18(19-2)20-10-8-14-23-12-6-4-5-7-13-23/h15H,3-14H2,1-2H3,(H2,19,20,21). The van der Waals surface area contributed by atoms with E-state index in [-0.39, 0.29) is 0 Å². The molecule has 2 N–H and O–H groups in total. The van der Waals surface area contributed by atoms with Crippen LogP contribution in [-0.2, 0) is 12.8 Å². The van der Waals surface area contributed by atoms with Gasteiger partial charge in [-0.2, -0.15) is 0 Å². The van der Waals surface area contributed by atoms with Crippen molar-refractivity contribution in [2.75, 3.05) is 39.8 Å². The Labute approximate surface area is 151 Å². The molecule has 1 aliphatic heterocycles. The molecule has 0 spiro atoms. The molecule has 0 radical (unpaired) electrons. The van der Waals surface area contributed by atoms with Gasteiger partial charge < -0.3 is 15.5 Å². The van der Waals surface area contributed by atoms with Crippen LogP contribution >= 0.6 is 11.3 Å². The summed E-state index contributed by atoms with van der Waals surface area (Å²) in [5.41, 5.74) is 1.18. The SMILES string of the molecule is CCc1nc(CCNC(=NC)NCCCN2CCCCCC2)cs1. The Bertz CT molecular complexity index is 478. The topological polar surface area (TPSA) is 52.6 Å².